The van der Waals surface area contributed by atoms with Gasteiger partial charge >= 0.3 is 5.69 Å². The van der Waals surface area contributed by atoms with E-state index in [4.69, 9.17) is 16.3 Å². The minimum Gasteiger partial charge on any atom is -0.375 e. The van der Waals surface area contributed by atoms with Crippen LogP contribution in [0, 0.1) is 0 Å². The van der Waals surface area contributed by atoms with Crippen molar-refractivity contribution in [2.24, 2.45) is 7.05 Å². The predicted molar refractivity (Wildman–Crippen MR) is 103 cm³/mol. The fourth-order valence-corrected chi connectivity index (χ4v) is 3.77. The van der Waals surface area contributed by atoms with Gasteiger partial charge in [-0.3, -0.25) is 4.57 Å². The summed E-state index contributed by atoms with van der Waals surface area (Å²) in [6.07, 6.45) is 0. The Morgan fingerprint density at radius 3 is 2.96 bits per heavy atom. The molecule has 25 heavy (non-hydrogen) atoms. The Kier molecular flexibility index (Phi) is 4.27. The van der Waals surface area contributed by atoms with Crippen LogP contribution in [0.1, 0.15) is 5.56 Å². The Bertz CT molecular complexity index is 1030. The van der Waals surface area contributed by atoms with Crippen molar-refractivity contribution >= 4 is 49.9 Å². The first-order chi connectivity index (χ1) is 12.1. The molecule has 0 spiro atoms. The number of rotatable bonds is 1. The van der Waals surface area contributed by atoms with Gasteiger partial charge in [0.05, 0.1) is 18.7 Å². The largest absolute Gasteiger partial charge is 0.375 e. The topological polar surface area (TPSA) is 47.4 Å². The molecule has 0 unspecified atom stereocenters. The third-order valence-corrected chi connectivity index (χ3v) is 5.37. The molecule has 128 valence electrons. The Morgan fingerprint density at radius 2 is 2.12 bits per heavy atom. The molecule has 3 aromatic rings. The van der Waals surface area contributed by atoms with Crippen molar-refractivity contribution in [1.29, 1.82) is 0 Å². The van der Waals surface area contributed by atoms with Crippen molar-refractivity contribution < 1.29 is 4.74 Å². The molecule has 0 amide bonds. The molecule has 0 N–H and O–H groups in total. The van der Waals surface area contributed by atoms with E-state index in [2.05, 4.69) is 20.9 Å². The molecule has 0 bridgehead atoms. The van der Waals surface area contributed by atoms with Crippen molar-refractivity contribution in [2.45, 2.75) is 6.61 Å². The highest BCUT2D eigenvalue weighted by Gasteiger charge is 2.22. The molecule has 2 aromatic carbocycles. The maximum atomic E-state index is 12.4. The van der Waals surface area contributed by atoms with Gasteiger partial charge in [0, 0.05) is 39.7 Å². The molecule has 1 aliphatic heterocycles. The molecule has 0 fully saturated rings. The number of nitrogens with zero attached hydrogens (tertiary/aromatic N) is 3. The summed E-state index contributed by atoms with van der Waals surface area (Å²) >= 11 is 9.80. The van der Waals surface area contributed by atoms with Gasteiger partial charge in [-0.25, -0.2) is 4.79 Å². The number of anilines is 2. The van der Waals surface area contributed by atoms with Gasteiger partial charge in [-0.05, 0) is 30.3 Å². The standard InChI is InChI=1S/C18H15BrClN3O2/c1-22-15-6-5-11(20)9-12(15)17(21-18(22)24)23-7-8-25-10-13-14(19)3-2-4-16(13)23/h2-6,9H,7-8,10H2,1H3. The Labute approximate surface area is 157 Å². The Morgan fingerprint density at radius 1 is 1.28 bits per heavy atom. The normalized spacial score (nSPS) is 14.4. The van der Waals surface area contributed by atoms with Gasteiger partial charge in [0.25, 0.3) is 0 Å². The van der Waals surface area contributed by atoms with E-state index in [1.54, 1.807) is 13.1 Å². The summed E-state index contributed by atoms with van der Waals surface area (Å²) < 4.78 is 8.24. The summed E-state index contributed by atoms with van der Waals surface area (Å²) in [5.41, 5.74) is 2.51. The lowest BCUT2D eigenvalue weighted by Crippen LogP contribution is -2.28. The van der Waals surface area contributed by atoms with Crippen LogP contribution in [0.4, 0.5) is 11.5 Å². The Hall–Kier alpha value is -1.89. The maximum absolute atomic E-state index is 12.4. The Balaban J connectivity index is 2.03. The zero-order valence-corrected chi connectivity index (χ0v) is 15.8. The number of aryl methyl sites for hydroxylation is 1. The average Bonchev–Trinajstić information content (AvgIpc) is 2.81. The highest BCUT2D eigenvalue weighted by molar-refractivity contribution is 9.10. The molecule has 2 heterocycles. The molecule has 0 saturated heterocycles. The van der Waals surface area contributed by atoms with Crippen LogP contribution >= 0.6 is 27.5 Å². The molecule has 5 nitrogen and oxygen atoms in total. The SMILES string of the molecule is Cn1c(=O)nc(N2CCOCc3c(Br)cccc32)c2cc(Cl)ccc21. The first kappa shape index (κ1) is 16.6. The minimum absolute atomic E-state index is 0.300. The van der Waals surface area contributed by atoms with Crippen molar-refractivity contribution in [3.05, 3.63) is 61.9 Å². The molecule has 1 aliphatic rings. The van der Waals surface area contributed by atoms with E-state index in [-0.39, 0.29) is 5.69 Å². The lowest BCUT2D eigenvalue weighted by atomic mass is 10.1. The summed E-state index contributed by atoms with van der Waals surface area (Å²) in [5.74, 6) is 0.602. The van der Waals surface area contributed by atoms with E-state index in [0.29, 0.717) is 30.6 Å². The number of benzene rings is 2. The molecule has 0 radical (unpaired) electrons. The van der Waals surface area contributed by atoms with Crippen LogP contribution in [0.5, 0.6) is 0 Å². The zero-order chi connectivity index (χ0) is 17.6. The van der Waals surface area contributed by atoms with E-state index in [1.807, 2.05) is 35.2 Å². The summed E-state index contributed by atoms with van der Waals surface area (Å²) in [6.45, 7) is 1.65. The summed E-state index contributed by atoms with van der Waals surface area (Å²) in [7, 11) is 1.71. The van der Waals surface area contributed by atoms with Gasteiger partial charge in [0.2, 0.25) is 0 Å². The van der Waals surface area contributed by atoms with Crippen LogP contribution in [0.2, 0.25) is 5.02 Å². The van der Waals surface area contributed by atoms with Gasteiger partial charge in [0.15, 0.2) is 0 Å². The van der Waals surface area contributed by atoms with Gasteiger partial charge in [0.1, 0.15) is 5.82 Å². The van der Waals surface area contributed by atoms with Crippen LogP contribution in [-0.2, 0) is 18.4 Å². The highest BCUT2D eigenvalue weighted by Crippen LogP contribution is 2.36. The lowest BCUT2D eigenvalue weighted by Gasteiger charge is -2.25. The van der Waals surface area contributed by atoms with E-state index in [9.17, 15) is 4.79 Å². The fraction of sp³-hybridized carbons (Fsp3) is 0.222. The van der Waals surface area contributed by atoms with Crippen LogP contribution in [-0.4, -0.2) is 22.7 Å². The van der Waals surface area contributed by atoms with E-state index >= 15 is 0 Å². The van der Waals surface area contributed by atoms with E-state index in [1.165, 1.54) is 4.57 Å². The smallest absolute Gasteiger partial charge is 0.349 e. The fourth-order valence-electron chi connectivity index (χ4n) is 3.13. The van der Waals surface area contributed by atoms with Crippen molar-refractivity contribution in [2.75, 3.05) is 18.1 Å². The van der Waals surface area contributed by atoms with Crippen molar-refractivity contribution in [3.63, 3.8) is 0 Å². The molecule has 0 aliphatic carbocycles. The molecule has 0 saturated carbocycles. The quantitative estimate of drug-likeness (QED) is 0.597. The summed E-state index contributed by atoms with van der Waals surface area (Å²) in [5, 5.41) is 1.44. The maximum Gasteiger partial charge on any atom is 0.349 e. The van der Waals surface area contributed by atoms with Gasteiger partial charge in [-0.1, -0.05) is 33.6 Å². The minimum atomic E-state index is -0.300. The van der Waals surface area contributed by atoms with Gasteiger partial charge in [-0.2, -0.15) is 4.98 Å². The average molecular weight is 421 g/mol. The van der Waals surface area contributed by atoms with Crippen molar-refractivity contribution in [1.82, 2.24) is 9.55 Å². The number of fused-ring (bicyclic) bond motifs is 2. The van der Waals surface area contributed by atoms with E-state index in [0.717, 1.165) is 26.6 Å². The monoisotopic (exact) mass is 419 g/mol. The predicted octanol–water partition coefficient (Wildman–Crippen LogP) is 4.02. The second kappa shape index (κ2) is 6.44. The second-order valence-electron chi connectivity index (χ2n) is 5.88. The molecule has 7 heteroatoms. The molecule has 0 atom stereocenters. The molecular weight excluding hydrogens is 406 g/mol. The number of halogens is 2. The first-order valence-electron chi connectivity index (χ1n) is 7.85. The van der Waals surface area contributed by atoms with Crippen LogP contribution in [0.25, 0.3) is 10.9 Å². The van der Waals surface area contributed by atoms with Crippen LogP contribution in [0.15, 0.2) is 45.7 Å². The molecule has 1 aromatic heterocycles. The summed E-state index contributed by atoms with van der Waals surface area (Å²) in [4.78, 5) is 18.8. The second-order valence-corrected chi connectivity index (χ2v) is 7.17. The van der Waals surface area contributed by atoms with E-state index < -0.39 is 0 Å². The number of hydrogen-bond donors (Lipinski definition) is 0. The van der Waals surface area contributed by atoms with Crippen LogP contribution in [0.3, 0.4) is 0 Å². The third kappa shape index (κ3) is 2.84. The highest BCUT2D eigenvalue weighted by atomic mass is 79.9. The first-order valence-corrected chi connectivity index (χ1v) is 9.02. The molecule has 4 rings (SSSR count). The van der Waals surface area contributed by atoms with Crippen molar-refractivity contribution in [3.8, 4) is 0 Å². The summed E-state index contributed by atoms with van der Waals surface area (Å²) in [6, 6.07) is 11.4. The van der Waals surface area contributed by atoms with Gasteiger partial charge in [-0.15, -0.1) is 0 Å². The lowest BCUT2D eigenvalue weighted by molar-refractivity contribution is 0.133. The number of hydrogen-bond acceptors (Lipinski definition) is 4. The zero-order valence-electron chi connectivity index (χ0n) is 13.5. The van der Waals surface area contributed by atoms with Crippen LogP contribution < -0.4 is 10.6 Å². The number of aromatic nitrogens is 2. The molecular formula is C18H15BrClN3O2. The van der Waals surface area contributed by atoms with Gasteiger partial charge < -0.3 is 9.64 Å². The third-order valence-electron chi connectivity index (χ3n) is 4.40. The number of ether oxygens (including phenoxy) is 1.